The number of anilines is 1. The van der Waals surface area contributed by atoms with Crippen LogP contribution < -0.4 is 9.64 Å². The van der Waals surface area contributed by atoms with Crippen LogP contribution in [0.2, 0.25) is 0 Å². The maximum atomic E-state index is 13.5. The van der Waals surface area contributed by atoms with Gasteiger partial charge in [0.25, 0.3) is 0 Å². The molecular formula is C30H29F6N3O4. The molecule has 1 amide bonds. The molecule has 1 N–H and O–H groups in total. The average Bonchev–Trinajstić information content (AvgIpc) is 3.20. The molecule has 1 aromatic heterocycles. The number of pyridine rings is 1. The molecule has 0 unspecified atom stereocenters. The number of rotatable bonds is 8. The van der Waals surface area contributed by atoms with E-state index in [0.29, 0.717) is 46.9 Å². The number of amides is 1. The van der Waals surface area contributed by atoms with Crippen LogP contribution in [0, 0.1) is 0 Å². The monoisotopic (exact) mass is 609 g/mol. The summed E-state index contributed by atoms with van der Waals surface area (Å²) in [5.41, 5.74) is -0.853. The van der Waals surface area contributed by atoms with Gasteiger partial charge in [-0.1, -0.05) is 6.07 Å². The molecule has 2 aliphatic heterocycles. The van der Waals surface area contributed by atoms with Crippen molar-refractivity contribution in [1.29, 1.82) is 0 Å². The first kappa shape index (κ1) is 30.5. The number of hydrogen-bond acceptors (Lipinski definition) is 6. The third kappa shape index (κ3) is 6.22. The molecule has 2 aromatic carbocycles. The maximum Gasteiger partial charge on any atom is 0.416 e. The molecule has 0 spiro atoms. The number of carbonyl (C=O) groups is 1. The van der Waals surface area contributed by atoms with Crippen molar-refractivity contribution in [2.75, 3.05) is 31.7 Å². The highest BCUT2D eigenvalue weighted by molar-refractivity contribution is 5.76. The Balaban J connectivity index is 1.54. The summed E-state index contributed by atoms with van der Waals surface area (Å²) >= 11 is 0. The van der Waals surface area contributed by atoms with Crippen LogP contribution in [0.15, 0.2) is 48.5 Å². The number of aliphatic hydroxyl groups excluding tert-OH is 1. The first-order valence-corrected chi connectivity index (χ1v) is 13.6. The molecule has 13 heteroatoms. The molecule has 230 valence electrons. The molecule has 0 aliphatic carbocycles. The van der Waals surface area contributed by atoms with Gasteiger partial charge in [0, 0.05) is 30.8 Å². The van der Waals surface area contributed by atoms with E-state index in [0.717, 1.165) is 25.1 Å². The third-order valence-electron chi connectivity index (χ3n) is 7.74. The fraction of sp³-hybridized carbons (Fsp3) is 0.400. The molecule has 2 saturated heterocycles. The molecule has 0 saturated carbocycles. The Morgan fingerprint density at radius 3 is 2.21 bits per heavy atom. The van der Waals surface area contributed by atoms with Crippen molar-refractivity contribution in [2.24, 2.45) is 0 Å². The van der Waals surface area contributed by atoms with Gasteiger partial charge in [0.05, 0.1) is 36.5 Å². The molecular weight excluding hydrogens is 580 g/mol. The van der Waals surface area contributed by atoms with Crippen molar-refractivity contribution in [3.8, 4) is 16.9 Å². The molecule has 3 heterocycles. The van der Waals surface area contributed by atoms with Crippen molar-refractivity contribution in [3.05, 3.63) is 76.5 Å². The maximum absolute atomic E-state index is 13.5. The van der Waals surface area contributed by atoms with Crippen LogP contribution in [0.25, 0.3) is 11.1 Å². The number of nitrogens with zero attached hydrogens (tertiary/aromatic N) is 3. The zero-order chi connectivity index (χ0) is 31.1. The van der Waals surface area contributed by atoms with Gasteiger partial charge in [-0.15, -0.1) is 0 Å². The normalized spacial score (nSPS) is 19.0. The fourth-order valence-electron chi connectivity index (χ4n) is 5.29. The number of cyclic esters (lactones) is 1. The van der Waals surface area contributed by atoms with Gasteiger partial charge in [0.1, 0.15) is 17.7 Å². The highest BCUT2D eigenvalue weighted by Crippen LogP contribution is 2.42. The summed E-state index contributed by atoms with van der Waals surface area (Å²) in [6, 6.07) is 9.36. The molecule has 2 atom stereocenters. The van der Waals surface area contributed by atoms with Gasteiger partial charge in [0.2, 0.25) is 0 Å². The lowest BCUT2D eigenvalue weighted by molar-refractivity contribution is -0.143. The van der Waals surface area contributed by atoms with Crippen molar-refractivity contribution in [3.63, 3.8) is 0 Å². The number of halogens is 6. The summed E-state index contributed by atoms with van der Waals surface area (Å²) in [4.78, 5) is 21.2. The van der Waals surface area contributed by atoms with Gasteiger partial charge < -0.3 is 19.5 Å². The van der Waals surface area contributed by atoms with E-state index >= 15 is 0 Å². The summed E-state index contributed by atoms with van der Waals surface area (Å²) in [7, 11) is 1.50. The molecule has 5 rings (SSSR count). The Hall–Kier alpha value is -4.00. The van der Waals surface area contributed by atoms with Crippen LogP contribution in [0.3, 0.4) is 0 Å². The van der Waals surface area contributed by atoms with Gasteiger partial charge in [-0.3, -0.25) is 4.90 Å². The van der Waals surface area contributed by atoms with Crippen molar-refractivity contribution < 1.29 is 45.7 Å². The highest BCUT2D eigenvalue weighted by atomic mass is 19.4. The summed E-state index contributed by atoms with van der Waals surface area (Å²) in [5.74, 6) is 1.18. The Morgan fingerprint density at radius 1 is 0.977 bits per heavy atom. The van der Waals surface area contributed by atoms with Gasteiger partial charge in [-0.05, 0) is 73.4 Å². The number of aromatic nitrogens is 1. The Kier molecular flexibility index (Phi) is 8.21. The minimum atomic E-state index is -5.04. The zero-order valence-corrected chi connectivity index (χ0v) is 23.3. The quantitative estimate of drug-likeness (QED) is 0.290. The number of carbonyl (C=O) groups excluding carboxylic acids is 1. The summed E-state index contributed by atoms with van der Waals surface area (Å²) in [5, 5.41) is 9.45. The van der Waals surface area contributed by atoms with Crippen LogP contribution in [0.4, 0.5) is 37.0 Å². The minimum Gasteiger partial charge on any atom is -0.496 e. The van der Waals surface area contributed by atoms with Crippen LogP contribution >= 0.6 is 0 Å². The van der Waals surface area contributed by atoms with Crippen molar-refractivity contribution in [2.45, 2.75) is 50.8 Å². The lowest BCUT2D eigenvalue weighted by Gasteiger charge is -2.33. The summed E-state index contributed by atoms with van der Waals surface area (Å²) < 4.78 is 92.1. The lowest BCUT2D eigenvalue weighted by Crippen LogP contribution is -2.38. The second kappa shape index (κ2) is 11.6. The Morgan fingerprint density at radius 2 is 1.65 bits per heavy atom. The second-order valence-electron chi connectivity index (χ2n) is 10.5. The molecule has 7 nitrogen and oxygen atoms in total. The predicted molar refractivity (Wildman–Crippen MR) is 145 cm³/mol. The Bertz CT molecular complexity index is 1470. The predicted octanol–water partition coefficient (Wildman–Crippen LogP) is 6.62. The van der Waals surface area contributed by atoms with E-state index in [-0.39, 0.29) is 19.2 Å². The molecule has 2 fully saturated rings. The summed E-state index contributed by atoms with van der Waals surface area (Å²) in [6.07, 6.45) is -11.0. The minimum absolute atomic E-state index is 0.0402. The molecule has 43 heavy (non-hydrogen) atoms. The van der Waals surface area contributed by atoms with Crippen LogP contribution in [0.1, 0.15) is 47.4 Å². The molecule has 2 aliphatic rings. The zero-order valence-electron chi connectivity index (χ0n) is 23.3. The fourth-order valence-corrected chi connectivity index (χ4v) is 5.29. The first-order valence-electron chi connectivity index (χ1n) is 13.6. The van der Waals surface area contributed by atoms with E-state index in [1.807, 2.05) is 29.2 Å². The van der Waals surface area contributed by atoms with E-state index in [9.17, 15) is 36.2 Å². The molecule has 3 aromatic rings. The van der Waals surface area contributed by atoms with Crippen molar-refractivity contribution in [1.82, 2.24) is 9.88 Å². The average molecular weight is 610 g/mol. The molecule has 0 radical (unpaired) electrons. The number of hydrogen-bond donors (Lipinski definition) is 1. The van der Waals surface area contributed by atoms with Crippen LogP contribution in [-0.4, -0.2) is 53.9 Å². The largest absolute Gasteiger partial charge is 0.496 e. The number of ether oxygens (including phenoxy) is 2. The van der Waals surface area contributed by atoms with E-state index in [2.05, 4.69) is 0 Å². The number of methoxy groups -OCH3 is 1. The van der Waals surface area contributed by atoms with E-state index in [1.54, 1.807) is 6.07 Å². The smallest absolute Gasteiger partial charge is 0.416 e. The first-order chi connectivity index (χ1) is 20.3. The number of benzene rings is 2. The van der Waals surface area contributed by atoms with E-state index in [1.165, 1.54) is 18.9 Å². The van der Waals surface area contributed by atoms with Gasteiger partial charge in [0.15, 0.2) is 0 Å². The second-order valence-corrected chi connectivity index (χ2v) is 10.5. The Labute approximate surface area is 243 Å². The standard InChI is InChI=1S/C30H29F6N3O4/c1-17-27(19-13-20(29(31,32)33)15-21(14-19)30(34,35)36)43-28(41)39(17)16-24-22(5-7-26(37-24)38-9-3-10-38)23-12-18(8-11-40)4-6-25(23)42-2/h4-7,12-15,17,27,40H,3,8-11,16H2,1-2H3/t17-,27-/m0/s1. The third-order valence-corrected chi connectivity index (χ3v) is 7.74. The van der Waals surface area contributed by atoms with Crippen LogP contribution in [0.5, 0.6) is 5.75 Å². The number of aliphatic hydroxyl groups is 1. The van der Waals surface area contributed by atoms with Crippen LogP contribution in [-0.2, 0) is 30.1 Å². The molecule has 0 bridgehead atoms. The SMILES string of the molecule is COc1ccc(CCO)cc1-c1ccc(N2CCC2)nc1CN1C(=O)O[C@H](c2cc(C(F)(F)F)cc(C(F)(F)F)c2)[C@@H]1C. The van der Waals surface area contributed by atoms with E-state index in [4.69, 9.17) is 14.5 Å². The lowest BCUT2D eigenvalue weighted by atomic mass is 9.96. The van der Waals surface area contributed by atoms with E-state index < -0.39 is 47.3 Å². The van der Waals surface area contributed by atoms with Gasteiger partial charge in [-0.25, -0.2) is 9.78 Å². The topological polar surface area (TPSA) is 75.1 Å². The van der Waals surface area contributed by atoms with Gasteiger partial charge in [-0.2, -0.15) is 26.3 Å². The van der Waals surface area contributed by atoms with Gasteiger partial charge >= 0.3 is 18.4 Å². The highest BCUT2D eigenvalue weighted by Gasteiger charge is 2.43. The number of alkyl halides is 6. The van der Waals surface area contributed by atoms with Crippen molar-refractivity contribution >= 4 is 11.9 Å². The summed E-state index contributed by atoms with van der Waals surface area (Å²) in [6.45, 7) is 2.89.